The van der Waals surface area contributed by atoms with Crippen LogP contribution in [0.2, 0.25) is 5.28 Å². The van der Waals surface area contributed by atoms with E-state index in [9.17, 15) is 8.78 Å². The average molecular weight is 370 g/mol. The second-order valence-electron chi connectivity index (χ2n) is 5.86. The van der Waals surface area contributed by atoms with Crippen molar-refractivity contribution in [3.8, 4) is 17.0 Å². The molecule has 2 aliphatic rings. The third kappa shape index (κ3) is 3.16. The number of morpholine rings is 1. The van der Waals surface area contributed by atoms with Crippen molar-refractivity contribution in [2.75, 3.05) is 23.8 Å². The Morgan fingerprint density at radius 1 is 1.36 bits per heavy atom. The summed E-state index contributed by atoms with van der Waals surface area (Å²) in [5, 5.41) is 0.0596. The molecular weight excluding hydrogens is 356 g/mol. The van der Waals surface area contributed by atoms with Crippen LogP contribution in [0.3, 0.4) is 0 Å². The van der Waals surface area contributed by atoms with Crippen LogP contribution < -0.4 is 15.4 Å². The maximum atomic E-state index is 12.5. The number of fused-ring (bicyclic) bond motifs is 2. The maximum absolute atomic E-state index is 12.5. The highest BCUT2D eigenvalue weighted by molar-refractivity contribution is 6.28. The lowest BCUT2D eigenvalue weighted by Gasteiger charge is -2.28. The fourth-order valence-corrected chi connectivity index (χ4v) is 3.34. The van der Waals surface area contributed by atoms with Gasteiger partial charge >= 0.3 is 6.61 Å². The summed E-state index contributed by atoms with van der Waals surface area (Å²) >= 11 is 6.06. The van der Waals surface area contributed by atoms with Crippen molar-refractivity contribution in [2.45, 2.75) is 25.2 Å². The summed E-state index contributed by atoms with van der Waals surface area (Å²) in [5.41, 5.74) is 6.47. The SMILES string of the molecule is Nc1ncc(-c2cc(N3C[C@@H]4C[C@H]3CO4)nc(Cl)n2)cc1OC(F)F. The van der Waals surface area contributed by atoms with Gasteiger partial charge in [0.1, 0.15) is 5.82 Å². The molecule has 0 radical (unpaired) electrons. The van der Waals surface area contributed by atoms with Crippen LogP contribution in [0.15, 0.2) is 18.3 Å². The minimum atomic E-state index is -3.00. The number of aromatic nitrogens is 3. The molecule has 2 atom stereocenters. The summed E-state index contributed by atoms with van der Waals surface area (Å²) in [6.07, 6.45) is 2.58. The van der Waals surface area contributed by atoms with E-state index in [4.69, 9.17) is 22.1 Å². The van der Waals surface area contributed by atoms with Crippen LogP contribution in [0.4, 0.5) is 20.4 Å². The highest BCUT2D eigenvalue weighted by Crippen LogP contribution is 2.34. The Morgan fingerprint density at radius 3 is 2.88 bits per heavy atom. The first-order chi connectivity index (χ1) is 12.0. The molecule has 0 spiro atoms. The van der Waals surface area contributed by atoms with Crippen LogP contribution in [0.5, 0.6) is 5.75 Å². The van der Waals surface area contributed by atoms with Crippen molar-refractivity contribution in [1.82, 2.24) is 15.0 Å². The molecule has 2 aromatic heterocycles. The second-order valence-corrected chi connectivity index (χ2v) is 6.20. The number of nitrogens with zero attached hydrogens (tertiary/aromatic N) is 4. The average Bonchev–Trinajstić information content (AvgIpc) is 3.19. The second kappa shape index (κ2) is 6.23. The van der Waals surface area contributed by atoms with Crippen molar-refractivity contribution in [2.24, 2.45) is 0 Å². The molecule has 2 saturated heterocycles. The van der Waals surface area contributed by atoms with Crippen LogP contribution in [0.25, 0.3) is 11.3 Å². The summed E-state index contributed by atoms with van der Waals surface area (Å²) in [6.45, 7) is -1.61. The van der Waals surface area contributed by atoms with Crippen molar-refractivity contribution < 1.29 is 18.3 Å². The fourth-order valence-electron chi connectivity index (χ4n) is 3.17. The molecule has 4 heterocycles. The Morgan fingerprint density at radius 2 is 2.20 bits per heavy atom. The lowest BCUT2D eigenvalue weighted by molar-refractivity contribution is -0.0494. The normalized spacial score (nSPS) is 22.0. The molecule has 2 aromatic rings. The van der Waals surface area contributed by atoms with E-state index in [0.29, 0.717) is 23.7 Å². The van der Waals surface area contributed by atoms with E-state index in [-0.39, 0.29) is 29.0 Å². The van der Waals surface area contributed by atoms with Gasteiger partial charge in [-0.05, 0) is 24.1 Å². The first kappa shape index (κ1) is 16.2. The molecule has 2 aliphatic heterocycles. The largest absolute Gasteiger partial charge is 0.431 e. The third-order valence-corrected chi connectivity index (χ3v) is 4.44. The van der Waals surface area contributed by atoms with Gasteiger partial charge in [-0.25, -0.2) is 15.0 Å². The number of halogens is 3. The maximum Gasteiger partial charge on any atom is 0.387 e. The minimum absolute atomic E-state index is 0.0596. The van der Waals surface area contributed by atoms with Crippen molar-refractivity contribution >= 4 is 23.2 Å². The van der Waals surface area contributed by atoms with Gasteiger partial charge in [0, 0.05) is 24.4 Å². The van der Waals surface area contributed by atoms with Crippen LogP contribution in [0.1, 0.15) is 6.42 Å². The number of nitrogen functional groups attached to an aromatic ring is 1. The highest BCUT2D eigenvalue weighted by Gasteiger charge is 2.39. The molecule has 10 heteroatoms. The third-order valence-electron chi connectivity index (χ3n) is 4.27. The van der Waals surface area contributed by atoms with E-state index < -0.39 is 6.61 Å². The van der Waals surface area contributed by atoms with Crippen molar-refractivity contribution in [3.63, 3.8) is 0 Å². The Balaban J connectivity index is 1.69. The Labute approximate surface area is 146 Å². The van der Waals surface area contributed by atoms with Gasteiger partial charge in [-0.3, -0.25) is 0 Å². The number of nitrogens with two attached hydrogens (primary N) is 1. The predicted molar refractivity (Wildman–Crippen MR) is 86.8 cm³/mol. The van der Waals surface area contributed by atoms with Gasteiger partial charge in [-0.15, -0.1) is 0 Å². The van der Waals surface area contributed by atoms with Gasteiger partial charge in [0.2, 0.25) is 5.28 Å². The molecule has 2 fully saturated rings. The zero-order chi connectivity index (χ0) is 17.6. The smallest absolute Gasteiger partial charge is 0.387 e. The lowest BCUT2D eigenvalue weighted by atomic mass is 10.2. The fraction of sp³-hybridized carbons (Fsp3) is 0.400. The lowest BCUT2D eigenvalue weighted by Crippen LogP contribution is -2.37. The molecule has 0 unspecified atom stereocenters. The molecule has 7 nitrogen and oxygen atoms in total. The predicted octanol–water partition coefficient (Wildman–Crippen LogP) is 2.35. The molecule has 0 aromatic carbocycles. The topological polar surface area (TPSA) is 86.4 Å². The first-order valence-corrected chi connectivity index (χ1v) is 8.01. The van der Waals surface area contributed by atoms with Crippen LogP contribution in [-0.4, -0.2) is 46.9 Å². The van der Waals surface area contributed by atoms with Crippen molar-refractivity contribution in [1.29, 1.82) is 0 Å². The van der Waals surface area contributed by atoms with E-state index >= 15 is 0 Å². The molecule has 0 aliphatic carbocycles. The molecule has 132 valence electrons. The quantitative estimate of drug-likeness (QED) is 0.828. The molecular formula is C15H14ClF2N5O2. The van der Waals surface area contributed by atoms with E-state index in [1.807, 2.05) is 0 Å². The molecule has 0 amide bonds. The summed E-state index contributed by atoms with van der Waals surface area (Å²) < 4.78 is 34.9. The van der Waals surface area contributed by atoms with Gasteiger partial charge in [-0.2, -0.15) is 8.78 Å². The number of pyridine rings is 1. The monoisotopic (exact) mass is 369 g/mol. The Kier molecular flexibility index (Phi) is 4.04. The van der Waals surface area contributed by atoms with Gasteiger partial charge < -0.3 is 20.1 Å². The van der Waals surface area contributed by atoms with Crippen LogP contribution in [0, 0.1) is 0 Å². The number of hydrogen-bond donors (Lipinski definition) is 1. The first-order valence-electron chi connectivity index (χ1n) is 7.63. The van der Waals surface area contributed by atoms with Crippen LogP contribution in [-0.2, 0) is 4.74 Å². The molecule has 25 heavy (non-hydrogen) atoms. The Hall–Kier alpha value is -2.26. The van der Waals surface area contributed by atoms with Gasteiger partial charge in [0.25, 0.3) is 0 Å². The summed E-state index contributed by atoms with van der Waals surface area (Å²) in [4.78, 5) is 14.4. The minimum Gasteiger partial charge on any atom is -0.431 e. The van der Waals surface area contributed by atoms with E-state index in [1.54, 1.807) is 6.07 Å². The molecule has 0 saturated carbocycles. The van der Waals surface area contributed by atoms with Crippen LogP contribution >= 0.6 is 11.6 Å². The molecule has 4 rings (SSSR count). The van der Waals surface area contributed by atoms with E-state index in [2.05, 4.69) is 24.6 Å². The van der Waals surface area contributed by atoms with E-state index in [1.165, 1.54) is 12.3 Å². The van der Waals surface area contributed by atoms with Gasteiger partial charge in [-0.1, -0.05) is 0 Å². The summed E-state index contributed by atoms with van der Waals surface area (Å²) in [5.74, 6) is 0.329. The summed E-state index contributed by atoms with van der Waals surface area (Å²) in [7, 11) is 0. The number of hydrogen-bond acceptors (Lipinski definition) is 7. The highest BCUT2D eigenvalue weighted by atomic mass is 35.5. The zero-order valence-electron chi connectivity index (χ0n) is 12.9. The summed E-state index contributed by atoms with van der Waals surface area (Å²) in [6, 6.07) is 3.35. The number of anilines is 2. The van der Waals surface area contributed by atoms with Gasteiger partial charge in [0.15, 0.2) is 11.6 Å². The zero-order valence-corrected chi connectivity index (χ0v) is 13.7. The standard InChI is InChI=1S/C15H14ClF2N5O2/c16-14-21-10(7-1-11(25-15(17)18)13(19)20-4-7)3-12(22-14)23-5-9-2-8(23)6-24-9/h1,3-4,8-9,15H,2,5-6H2,(H2,19,20)/t8-,9-/m0/s1. The molecule has 2 N–H and O–H groups in total. The van der Waals surface area contributed by atoms with Crippen molar-refractivity contribution in [3.05, 3.63) is 23.6 Å². The Bertz CT molecular complexity index is 809. The number of rotatable bonds is 4. The van der Waals surface area contributed by atoms with E-state index in [0.717, 1.165) is 13.0 Å². The van der Waals surface area contributed by atoms with Gasteiger partial charge in [0.05, 0.1) is 24.4 Å². The molecule has 2 bridgehead atoms. The number of ether oxygens (including phenoxy) is 2. The number of alkyl halides is 2.